The van der Waals surface area contributed by atoms with Gasteiger partial charge in [0.05, 0.1) is 4.91 Å². The van der Waals surface area contributed by atoms with Gasteiger partial charge in [-0.3, -0.25) is 0 Å². The molecule has 1 aliphatic carbocycles. The van der Waals surface area contributed by atoms with E-state index in [0.29, 0.717) is 5.92 Å². The van der Waals surface area contributed by atoms with Crippen molar-refractivity contribution in [3.8, 4) is 0 Å². The average molecular weight is 172 g/mol. The molecular weight excluding hydrogens is 154 g/mol. The summed E-state index contributed by atoms with van der Waals surface area (Å²) in [5.74, 6) is 1.46. The number of nitrogens with zero attached hydrogens (tertiary/aromatic N) is 1. The summed E-state index contributed by atoms with van der Waals surface area (Å²) >= 11 is 0. The van der Waals surface area contributed by atoms with Crippen LogP contribution in [0, 0.1) is 16.7 Å². The van der Waals surface area contributed by atoms with Crippen LogP contribution in [0.25, 0.3) is 0 Å². The molecule has 70 valence electrons. The molecule has 0 amide bonds. The maximum Gasteiger partial charge on any atom is 0.257 e. The van der Waals surface area contributed by atoms with Gasteiger partial charge < -0.3 is 0 Å². The van der Waals surface area contributed by atoms with Crippen molar-refractivity contribution in [1.29, 1.82) is 0 Å². The van der Waals surface area contributed by atoms with Crippen LogP contribution in [0.1, 0.15) is 39.5 Å². The fourth-order valence-corrected chi connectivity index (χ4v) is 1.99. The van der Waals surface area contributed by atoms with E-state index in [1.807, 2.05) is 0 Å². The van der Waals surface area contributed by atoms with Crippen LogP contribution in [0.4, 0.5) is 0 Å². The van der Waals surface area contributed by atoms with Crippen molar-refractivity contribution in [2.45, 2.75) is 45.6 Å². The molecule has 0 saturated heterocycles. The third-order valence-corrected chi connectivity index (χ3v) is 3.00. The molecule has 3 heteroatoms. The molecule has 0 aromatic heterocycles. The van der Waals surface area contributed by atoms with Gasteiger partial charge in [0.15, 0.2) is 0 Å². The molecule has 1 rings (SSSR count). The van der Waals surface area contributed by atoms with Crippen LogP contribution in [0.2, 0.25) is 0 Å². The predicted octanol–water partition coefficient (Wildman–Crippen LogP) is 2.37. The standard InChI is InChI=1S/C9H18NO2/c1-7(2)8-3-5-9(6-4-8)10(11)12/h7-9H,3-6H2,1-2H3,(H,11,12)/q+1. The molecule has 0 radical (unpaired) electrons. The van der Waals surface area contributed by atoms with Gasteiger partial charge in [0.2, 0.25) is 4.92 Å². The third-order valence-electron chi connectivity index (χ3n) is 3.00. The van der Waals surface area contributed by atoms with Gasteiger partial charge in [0, 0.05) is 12.8 Å². The first-order valence-electron chi connectivity index (χ1n) is 4.76. The molecule has 0 aliphatic heterocycles. The highest BCUT2D eigenvalue weighted by Gasteiger charge is 2.32. The summed E-state index contributed by atoms with van der Waals surface area (Å²) in [5.41, 5.74) is 0. The molecule has 0 heterocycles. The molecule has 0 spiro atoms. The van der Waals surface area contributed by atoms with Crippen molar-refractivity contribution < 1.29 is 10.1 Å². The van der Waals surface area contributed by atoms with Crippen molar-refractivity contribution in [3.63, 3.8) is 0 Å². The fraction of sp³-hybridized carbons (Fsp3) is 1.00. The van der Waals surface area contributed by atoms with Crippen LogP contribution in [0.15, 0.2) is 0 Å². The third kappa shape index (κ3) is 2.19. The summed E-state index contributed by atoms with van der Waals surface area (Å²) < 4.78 is 0. The Kier molecular flexibility index (Phi) is 3.06. The van der Waals surface area contributed by atoms with Crippen molar-refractivity contribution in [2.75, 3.05) is 0 Å². The summed E-state index contributed by atoms with van der Waals surface area (Å²) in [7, 11) is 0. The summed E-state index contributed by atoms with van der Waals surface area (Å²) in [5, 5.41) is 8.68. The van der Waals surface area contributed by atoms with Crippen molar-refractivity contribution >= 4 is 0 Å². The molecule has 0 aromatic rings. The first-order valence-corrected chi connectivity index (χ1v) is 4.76. The first-order chi connectivity index (χ1) is 5.61. The molecule has 3 nitrogen and oxygen atoms in total. The second-order valence-electron chi connectivity index (χ2n) is 4.12. The topological polar surface area (TPSA) is 40.3 Å². The van der Waals surface area contributed by atoms with E-state index in [-0.39, 0.29) is 11.0 Å². The van der Waals surface area contributed by atoms with Crippen LogP contribution < -0.4 is 0 Å². The summed E-state index contributed by atoms with van der Waals surface area (Å²) in [6, 6.07) is -0.139. The van der Waals surface area contributed by atoms with Gasteiger partial charge in [-0.15, -0.1) is 0 Å². The van der Waals surface area contributed by atoms with E-state index in [9.17, 15) is 4.91 Å². The molecule has 0 aromatic carbocycles. The fourth-order valence-electron chi connectivity index (χ4n) is 1.99. The van der Waals surface area contributed by atoms with E-state index < -0.39 is 0 Å². The zero-order valence-electron chi connectivity index (χ0n) is 7.86. The van der Waals surface area contributed by atoms with Gasteiger partial charge >= 0.3 is 0 Å². The normalized spacial score (nSPS) is 30.6. The minimum Gasteiger partial charge on any atom is -0.246 e. The van der Waals surface area contributed by atoms with Crippen molar-refractivity contribution in [3.05, 3.63) is 4.91 Å². The van der Waals surface area contributed by atoms with Crippen LogP contribution in [-0.2, 0) is 0 Å². The van der Waals surface area contributed by atoms with E-state index >= 15 is 0 Å². The molecule has 1 N–H and O–H groups in total. The van der Waals surface area contributed by atoms with Crippen LogP contribution in [0.3, 0.4) is 0 Å². The highest BCUT2D eigenvalue weighted by molar-refractivity contribution is 4.73. The lowest BCUT2D eigenvalue weighted by Gasteiger charge is -2.25. The Balaban J connectivity index is 2.34. The Hall–Kier alpha value is -0.600. The van der Waals surface area contributed by atoms with Gasteiger partial charge in [0.1, 0.15) is 0 Å². The van der Waals surface area contributed by atoms with Crippen LogP contribution in [0.5, 0.6) is 0 Å². The van der Waals surface area contributed by atoms with E-state index in [1.165, 1.54) is 0 Å². The van der Waals surface area contributed by atoms with Gasteiger partial charge in [-0.1, -0.05) is 13.8 Å². The van der Waals surface area contributed by atoms with Gasteiger partial charge in [-0.25, -0.2) is 5.21 Å². The number of hydrogen-bond donors (Lipinski definition) is 1. The maximum atomic E-state index is 10.5. The highest BCUT2D eigenvalue weighted by Crippen LogP contribution is 2.30. The highest BCUT2D eigenvalue weighted by atomic mass is 16.6. The average Bonchev–Trinajstić information content (AvgIpc) is 2.04. The van der Waals surface area contributed by atoms with Crippen molar-refractivity contribution in [2.24, 2.45) is 11.8 Å². The van der Waals surface area contributed by atoms with E-state index in [1.54, 1.807) is 0 Å². The lowest BCUT2D eigenvalue weighted by atomic mass is 9.80. The molecule has 0 atom stereocenters. The monoisotopic (exact) mass is 172 g/mol. The lowest BCUT2D eigenvalue weighted by Crippen LogP contribution is -2.28. The van der Waals surface area contributed by atoms with E-state index in [0.717, 1.165) is 31.6 Å². The summed E-state index contributed by atoms with van der Waals surface area (Å²) in [6.45, 7) is 4.44. The minimum absolute atomic E-state index is 0.135. The van der Waals surface area contributed by atoms with E-state index in [4.69, 9.17) is 5.21 Å². The largest absolute Gasteiger partial charge is 0.257 e. The zero-order chi connectivity index (χ0) is 9.14. The molecule has 1 saturated carbocycles. The van der Waals surface area contributed by atoms with Gasteiger partial charge in [-0.2, -0.15) is 0 Å². The molecule has 0 unspecified atom stereocenters. The predicted molar refractivity (Wildman–Crippen MR) is 46.0 cm³/mol. The summed E-state index contributed by atoms with van der Waals surface area (Å²) in [6.07, 6.45) is 3.87. The second kappa shape index (κ2) is 3.87. The smallest absolute Gasteiger partial charge is 0.246 e. The van der Waals surface area contributed by atoms with Crippen LogP contribution >= 0.6 is 0 Å². The van der Waals surface area contributed by atoms with Crippen molar-refractivity contribution in [1.82, 2.24) is 0 Å². The van der Waals surface area contributed by atoms with Gasteiger partial charge in [0.25, 0.3) is 6.04 Å². The maximum absolute atomic E-state index is 10.5. The molecule has 1 fully saturated rings. The number of hydrogen-bond acceptors (Lipinski definition) is 1. The van der Waals surface area contributed by atoms with Gasteiger partial charge in [-0.05, 0) is 24.7 Å². The SMILES string of the molecule is CC(C)C1CCC([N+](=O)O)CC1. The summed E-state index contributed by atoms with van der Waals surface area (Å²) in [4.78, 5) is 10.7. The number of rotatable bonds is 2. The van der Waals surface area contributed by atoms with E-state index in [2.05, 4.69) is 13.8 Å². The lowest BCUT2D eigenvalue weighted by molar-refractivity contribution is -0.817. The molecular formula is C9H18NO2+. The minimum atomic E-state index is -0.139. The molecule has 0 bridgehead atoms. The zero-order valence-corrected chi connectivity index (χ0v) is 7.86. The Morgan fingerprint density at radius 2 is 1.75 bits per heavy atom. The Morgan fingerprint density at radius 1 is 1.25 bits per heavy atom. The first kappa shape index (κ1) is 9.49. The Bertz CT molecular complexity index is 160. The molecule has 12 heavy (non-hydrogen) atoms. The Labute approximate surface area is 73.3 Å². The quantitative estimate of drug-likeness (QED) is 0.649. The molecule has 1 aliphatic rings. The van der Waals surface area contributed by atoms with Crippen LogP contribution in [-0.4, -0.2) is 16.2 Å². The second-order valence-corrected chi connectivity index (χ2v) is 4.12. The Morgan fingerprint density at radius 3 is 2.08 bits per heavy atom.